The summed E-state index contributed by atoms with van der Waals surface area (Å²) in [6.07, 6.45) is 7.39. The van der Waals surface area contributed by atoms with Gasteiger partial charge in [0, 0.05) is 5.92 Å². The van der Waals surface area contributed by atoms with Gasteiger partial charge in [-0.1, -0.05) is 33.3 Å². The maximum absolute atomic E-state index is 10.2. The van der Waals surface area contributed by atoms with E-state index >= 15 is 0 Å². The smallest absolute Gasteiger partial charge is 0.142 e. The SMILES string of the molecule is C=CC=O.CCCCC(C=O)CC. The van der Waals surface area contributed by atoms with Gasteiger partial charge in [0.25, 0.3) is 0 Å². The average Bonchev–Trinajstić information content (AvgIpc) is 2.20. The molecule has 0 spiro atoms. The molecule has 0 saturated heterocycles. The summed E-state index contributed by atoms with van der Waals surface area (Å²) in [7, 11) is 0. The van der Waals surface area contributed by atoms with Crippen molar-refractivity contribution in [2.45, 2.75) is 39.5 Å². The van der Waals surface area contributed by atoms with Crippen LogP contribution in [0.5, 0.6) is 0 Å². The van der Waals surface area contributed by atoms with Crippen molar-refractivity contribution in [3.8, 4) is 0 Å². The molecule has 0 amide bonds. The first-order chi connectivity index (χ1) is 6.26. The van der Waals surface area contributed by atoms with E-state index in [4.69, 9.17) is 4.79 Å². The summed E-state index contributed by atoms with van der Waals surface area (Å²) < 4.78 is 0. The van der Waals surface area contributed by atoms with Crippen molar-refractivity contribution in [2.24, 2.45) is 5.92 Å². The van der Waals surface area contributed by atoms with Crippen molar-refractivity contribution in [1.29, 1.82) is 0 Å². The fourth-order valence-electron chi connectivity index (χ4n) is 0.835. The molecule has 2 nitrogen and oxygen atoms in total. The molecule has 0 aromatic heterocycles. The topological polar surface area (TPSA) is 34.1 Å². The first-order valence-electron chi connectivity index (χ1n) is 4.78. The molecule has 0 aliphatic rings. The van der Waals surface area contributed by atoms with E-state index in [0.717, 1.165) is 19.1 Å². The molecule has 0 aliphatic heterocycles. The van der Waals surface area contributed by atoms with Gasteiger partial charge in [-0.3, -0.25) is 4.79 Å². The lowest BCUT2D eigenvalue weighted by Gasteiger charge is -2.03. The van der Waals surface area contributed by atoms with Crippen molar-refractivity contribution in [3.63, 3.8) is 0 Å². The largest absolute Gasteiger partial charge is 0.303 e. The van der Waals surface area contributed by atoms with Crippen LogP contribution in [0.3, 0.4) is 0 Å². The number of aldehydes is 2. The standard InChI is InChI=1S/C8H16O.C3H4O/c1-3-5-6-8(4-2)7-9;1-2-3-4/h7-8H,3-6H2,1-2H3;2-3H,1H2. The molecule has 0 radical (unpaired) electrons. The molecule has 1 atom stereocenters. The highest BCUT2D eigenvalue weighted by Crippen LogP contribution is 2.08. The van der Waals surface area contributed by atoms with Gasteiger partial charge < -0.3 is 4.79 Å². The molecule has 0 saturated carbocycles. The van der Waals surface area contributed by atoms with Crippen LogP contribution in [0, 0.1) is 5.92 Å². The Labute approximate surface area is 81.0 Å². The molecule has 0 aromatic carbocycles. The Balaban J connectivity index is 0. The fourth-order valence-corrected chi connectivity index (χ4v) is 0.835. The van der Waals surface area contributed by atoms with Gasteiger partial charge in [-0.05, 0) is 18.9 Å². The minimum atomic E-state index is 0.324. The number of unbranched alkanes of at least 4 members (excludes halogenated alkanes) is 1. The van der Waals surface area contributed by atoms with Crippen LogP contribution in [0.25, 0.3) is 0 Å². The molecular formula is C11H20O2. The minimum absolute atomic E-state index is 0.324. The lowest BCUT2D eigenvalue weighted by molar-refractivity contribution is -0.111. The van der Waals surface area contributed by atoms with E-state index in [1.54, 1.807) is 0 Å². The number of carbonyl (C=O) groups is 2. The highest BCUT2D eigenvalue weighted by atomic mass is 16.1. The molecule has 0 N–H and O–H groups in total. The van der Waals surface area contributed by atoms with Crippen molar-refractivity contribution in [1.82, 2.24) is 0 Å². The Hall–Kier alpha value is -0.920. The van der Waals surface area contributed by atoms with E-state index < -0.39 is 0 Å². The maximum Gasteiger partial charge on any atom is 0.142 e. The molecule has 76 valence electrons. The summed E-state index contributed by atoms with van der Waals surface area (Å²) in [5.41, 5.74) is 0. The average molecular weight is 184 g/mol. The van der Waals surface area contributed by atoms with Crippen LogP contribution < -0.4 is 0 Å². The molecule has 0 fully saturated rings. The van der Waals surface area contributed by atoms with Crippen LogP contribution in [0.15, 0.2) is 12.7 Å². The molecule has 0 heterocycles. The predicted octanol–water partition coefficient (Wildman–Crippen LogP) is 2.77. The van der Waals surface area contributed by atoms with Gasteiger partial charge in [-0.2, -0.15) is 0 Å². The number of allylic oxidation sites excluding steroid dienone is 1. The van der Waals surface area contributed by atoms with Gasteiger partial charge in [-0.15, -0.1) is 0 Å². The normalized spacial score (nSPS) is 10.6. The van der Waals surface area contributed by atoms with Gasteiger partial charge >= 0.3 is 0 Å². The van der Waals surface area contributed by atoms with E-state index in [9.17, 15) is 4.79 Å². The minimum Gasteiger partial charge on any atom is -0.303 e. The Morgan fingerprint density at radius 3 is 2.08 bits per heavy atom. The molecular weight excluding hydrogens is 164 g/mol. The summed E-state index contributed by atoms with van der Waals surface area (Å²) >= 11 is 0. The lowest BCUT2D eigenvalue weighted by Crippen LogP contribution is -1.98. The van der Waals surface area contributed by atoms with Crippen LogP contribution in [0.2, 0.25) is 0 Å². The number of rotatable bonds is 6. The van der Waals surface area contributed by atoms with Crippen molar-refractivity contribution >= 4 is 12.6 Å². The first-order valence-corrected chi connectivity index (χ1v) is 4.78. The van der Waals surface area contributed by atoms with Crippen molar-refractivity contribution < 1.29 is 9.59 Å². The second-order valence-electron chi connectivity index (χ2n) is 2.82. The molecule has 13 heavy (non-hydrogen) atoms. The van der Waals surface area contributed by atoms with Crippen LogP contribution in [0.1, 0.15) is 39.5 Å². The third kappa shape index (κ3) is 14.0. The van der Waals surface area contributed by atoms with E-state index in [1.807, 2.05) is 0 Å². The highest BCUT2D eigenvalue weighted by Gasteiger charge is 2.01. The van der Waals surface area contributed by atoms with Crippen LogP contribution >= 0.6 is 0 Å². The van der Waals surface area contributed by atoms with Gasteiger partial charge in [0.15, 0.2) is 0 Å². The molecule has 0 aliphatic carbocycles. The third-order valence-corrected chi connectivity index (χ3v) is 1.74. The zero-order valence-electron chi connectivity index (χ0n) is 8.66. The summed E-state index contributed by atoms with van der Waals surface area (Å²) in [6, 6.07) is 0. The quantitative estimate of drug-likeness (QED) is 0.470. The monoisotopic (exact) mass is 184 g/mol. The molecule has 0 aromatic rings. The summed E-state index contributed by atoms with van der Waals surface area (Å²) in [6.45, 7) is 7.33. The lowest BCUT2D eigenvalue weighted by atomic mass is 10.0. The predicted molar refractivity (Wildman–Crippen MR) is 55.6 cm³/mol. The summed E-state index contributed by atoms with van der Waals surface area (Å²) in [5.74, 6) is 0.324. The van der Waals surface area contributed by atoms with Gasteiger partial charge in [0.2, 0.25) is 0 Å². The van der Waals surface area contributed by atoms with Gasteiger partial charge in [-0.25, -0.2) is 0 Å². The fraction of sp³-hybridized carbons (Fsp3) is 0.636. The van der Waals surface area contributed by atoms with Crippen molar-refractivity contribution in [2.75, 3.05) is 0 Å². The Morgan fingerprint density at radius 2 is 1.85 bits per heavy atom. The molecule has 1 unspecified atom stereocenters. The van der Waals surface area contributed by atoms with E-state index in [2.05, 4.69) is 20.4 Å². The van der Waals surface area contributed by atoms with Crippen LogP contribution in [-0.4, -0.2) is 12.6 Å². The maximum atomic E-state index is 10.2. The second kappa shape index (κ2) is 13.7. The Bertz CT molecular complexity index is 124. The summed E-state index contributed by atoms with van der Waals surface area (Å²) in [4.78, 5) is 19.3. The van der Waals surface area contributed by atoms with Gasteiger partial charge in [0.1, 0.15) is 12.6 Å². The first kappa shape index (κ1) is 14.6. The van der Waals surface area contributed by atoms with E-state index in [1.165, 1.54) is 18.9 Å². The number of hydrogen-bond donors (Lipinski definition) is 0. The van der Waals surface area contributed by atoms with Crippen molar-refractivity contribution in [3.05, 3.63) is 12.7 Å². The van der Waals surface area contributed by atoms with E-state index in [-0.39, 0.29) is 0 Å². The third-order valence-electron chi connectivity index (χ3n) is 1.74. The van der Waals surface area contributed by atoms with Crippen LogP contribution in [-0.2, 0) is 9.59 Å². The number of hydrogen-bond acceptors (Lipinski definition) is 2. The second-order valence-corrected chi connectivity index (χ2v) is 2.82. The van der Waals surface area contributed by atoms with Gasteiger partial charge in [0.05, 0.1) is 0 Å². The molecule has 0 rings (SSSR count). The highest BCUT2D eigenvalue weighted by molar-refractivity contribution is 5.63. The van der Waals surface area contributed by atoms with Crippen LogP contribution in [0.4, 0.5) is 0 Å². The molecule has 0 bridgehead atoms. The Morgan fingerprint density at radius 1 is 1.31 bits per heavy atom. The van der Waals surface area contributed by atoms with E-state index in [0.29, 0.717) is 12.2 Å². The zero-order valence-corrected chi connectivity index (χ0v) is 8.66. The Kier molecular flexibility index (Phi) is 15.3. The number of carbonyl (C=O) groups excluding carboxylic acids is 2. The molecule has 2 heteroatoms. The zero-order chi connectivity index (χ0) is 10.5. The summed E-state index contributed by atoms with van der Waals surface area (Å²) in [5, 5.41) is 0.